The third kappa shape index (κ3) is 2.13. The number of benzene rings is 1. The second-order valence-electron chi connectivity index (χ2n) is 4.12. The summed E-state index contributed by atoms with van der Waals surface area (Å²) < 4.78 is 18.7. The second-order valence-corrected chi connectivity index (χ2v) is 4.12. The zero-order chi connectivity index (χ0) is 13.3. The fraction of sp³-hybridized carbons (Fsp3) is 0.333. The van der Waals surface area contributed by atoms with Crippen molar-refractivity contribution in [2.24, 2.45) is 5.92 Å². The van der Waals surface area contributed by atoms with Crippen molar-refractivity contribution in [1.29, 1.82) is 0 Å². The number of carbonyl (C=O) groups excluding carboxylic acids is 2. The van der Waals surface area contributed by atoms with E-state index in [1.165, 1.54) is 30.2 Å². The molecule has 0 aromatic heterocycles. The first-order valence-electron chi connectivity index (χ1n) is 5.49. The second kappa shape index (κ2) is 4.64. The Morgan fingerprint density at radius 3 is 2.83 bits per heavy atom. The highest BCUT2D eigenvalue weighted by Crippen LogP contribution is 2.27. The predicted molar refractivity (Wildman–Crippen MR) is 63.0 cm³/mol. The number of imide groups is 1. The summed E-state index contributed by atoms with van der Waals surface area (Å²) in [5, 5.41) is 2.18. The van der Waals surface area contributed by atoms with Crippen LogP contribution in [0, 0.1) is 11.7 Å². The van der Waals surface area contributed by atoms with Crippen molar-refractivity contribution < 1.29 is 18.7 Å². The number of carbonyl (C=O) groups is 2. The van der Waals surface area contributed by atoms with Crippen LogP contribution in [0.2, 0.25) is 0 Å². The van der Waals surface area contributed by atoms with Crippen LogP contribution >= 0.6 is 0 Å². The average Bonchev–Trinajstić information content (AvgIpc) is 2.35. The molecule has 1 aliphatic rings. The summed E-state index contributed by atoms with van der Waals surface area (Å²) in [5.74, 6) is -0.816. The molecule has 1 fully saturated rings. The van der Waals surface area contributed by atoms with Crippen molar-refractivity contribution in [3.05, 3.63) is 24.0 Å². The number of halogens is 1. The molecule has 0 saturated carbocycles. The van der Waals surface area contributed by atoms with Gasteiger partial charge >= 0.3 is 6.03 Å². The predicted octanol–water partition coefficient (Wildman–Crippen LogP) is 1.53. The lowest BCUT2D eigenvalue weighted by atomic mass is 10.1. The quantitative estimate of drug-likeness (QED) is 0.868. The highest BCUT2D eigenvalue weighted by atomic mass is 19.1. The minimum atomic E-state index is -0.620. The number of hydrogen-bond acceptors (Lipinski definition) is 3. The molecule has 0 radical (unpaired) electrons. The van der Waals surface area contributed by atoms with Crippen LogP contribution in [0.1, 0.15) is 6.92 Å². The first-order chi connectivity index (χ1) is 8.52. The van der Waals surface area contributed by atoms with Crippen LogP contribution in [0.4, 0.5) is 14.9 Å². The summed E-state index contributed by atoms with van der Waals surface area (Å²) in [6, 6.07) is 3.50. The molecule has 3 amide bonds. The zero-order valence-electron chi connectivity index (χ0n) is 10.1. The van der Waals surface area contributed by atoms with Gasteiger partial charge in [0.15, 0.2) is 0 Å². The van der Waals surface area contributed by atoms with E-state index < -0.39 is 11.8 Å². The minimum Gasteiger partial charge on any atom is -0.497 e. The van der Waals surface area contributed by atoms with E-state index in [1.54, 1.807) is 6.92 Å². The molecule has 0 spiro atoms. The molecular formula is C12H13FN2O3. The SMILES string of the molecule is COc1ccc(F)c(N2CC(C)C(=O)NC2=O)c1. The van der Waals surface area contributed by atoms with E-state index in [1.807, 2.05) is 0 Å². The number of ether oxygens (including phenoxy) is 1. The van der Waals surface area contributed by atoms with E-state index in [4.69, 9.17) is 4.74 Å². The molecule has 2 rings (SSSR count). The van der Waals surface area contributed by atoms with Crippen LogP contribution in [0.3, 0.4) is 0 Å². The van der Waals surface area contributed by atoms with Crippen molar-refractivity contribution in [2.75, 3.05) is 18.6 Å². The highest BCUT2D eigenvalue weighted by Gasteiger charge is 2.31. The van der Waals surface area contributed by atoms with Crippen molar-refractivity contribution in [1.82, 2.24) is 5.32 Å². The minimum absolute atomic E-state index is 0.103. The smallest absolute Gasteiger partial charge is 0.328 e. The monoisotopic (exact) mass is 252 g/mol. The van der Waals surface area contributed by atoms with Crippen molar-refractivity contribution >= 4 is 17.6 Å². The molecule has 1 aliphatic heterocycles. The molecule has 18 heavy (non-hydrogen) atoms. The molecule has 0 aliphatic carbocycles. The van der Waals surface area contributed by atoms with E-state index in [0.29, 0.717) is 5.75 Å². The van der Waals surface area contributed by atoms with Crippen LogP contribution in [-0.2, 0) is 4.79 Å². The van der Waals surface area contributed by atoms with Gasteiger partial charge in [-0.2, -0.15) is 0 Å². The van der Waals surface area contributed by atoms with E-state index in [2.05, 4.69) is 5.32 Å². The largest absolute Gasteiger partial charge is 0.497 e. The molecule has 1 N–H and O–H groups in total. The third-order valence-corrected chi connectivity index (χ3v) is 2.82. The Morgan fingerprint density at radius 2 is 2.17 bits per heavy atom. The Labute approximate surface area is 104 Å². The van der Waals surface area contributed by atoms with Gasteiger partial charge in [0.25, 0.3) is 0 Å². The van der Waals surface area contributed by atoms with Crippen LogP contribution < -0.4 is 15.0 Å². The van der Waals surface area contributed by atoms with Crippen LogP contribution in [0.25, 0.3) is 0 Å². The summed E-state index contributed by atoms with van der Waals surface area (Å²) in [5.41, 5.74) is 0.103. The standard InChI is InChI=1S/C12H13FN2O3/c1-7-6-15(12(17)14-11(7)16)10-5-8(18-2)3-4-9(10)13/h3-5,7H,6H2,1-2H3,(H,14,16,17). The van der Waals surface area contributed by atoms with Crippen molar-refractivity contribution in [2.45, 2.75) is 6.92 Å². The first kappa shape index (κ1) is 12.3. The van der Waals surface area contributed by atoms with Crippen molar-refractivity contribution in [3.8, 4) is 5.75 Å². The fourth-order valence-corrected chi connectivity index (χ4v) is 1.77. The Hall–Kier alpha value is -2.11. The lowest BCUT2D eigenvalue weighted by Gasteiger charge is -2.30. The van der Waals surface area contributed by atoms with Gasteiger partial charge in [0, 0.05) is 12.6 Å². The Balaban J connectivity index is 2.35. The number of hydrogen-bond donors (Lipinski definition) is 1. The number of urea groups is 1. The number of methoxy groups -OCH3 is 1. The molecule has 96 valence electrons. The molecule has 1 heterocycles. The number of rotatable bonds is 2. The van der Waals surface area contributed by atoms with Gasteiger partial charge in [-0.15, -0.1) is 0 Å². The van der Waals surface area contributed by atoms with Crippen LogP contribution in [0.5, 0.6) is 5.75 Å². The summed E-state index contributed by atoms with van der Waals surface area (Å²) in [7, 11) is 1.46. The summed E-state index contributed by atoms with van der Waals surface area (Å²) in [6.07, 6.45) is 0. The lowest BCUT2D eigenvalue weighted by molar-refractivity contribution is -0.123. The number of nitrogens with one attached hydrogen (secondary N) is 1. The van der Waals surface area contributed by atoms with Gasteiger partial charge < -0.3 is 4.74 Å². The molecule has 5 nitrogen and oxygen atoms in total. The van der Waals surface area contributed by atoms with Gasteiger partial charge in [-0.05, 0) is 12.1 Å². The van der Waals surface area contributed by atoms with Crippen molar-refractivity contribution in [3.63, 3.8) is 0 Å². The van der Waals surface area contributed by atoms with E-state index >= 15 is 0 Å². The molecular weight excluding hydrogens is 239 g/mol. The topological polar surface area (TPSA) is 58.6 Å². The number of nitrogens with zero attached hydrogens (tertiary/aromatic N) is 1. The van der Waals surface area contributed by atoms with Gasteiger partial charge in [-0.3, -0.25) is 15.0 Å². The molecule has 1 saturated heterocycles. The summed E-state index contributed by atoms with van der Waals surface area (Å²) >= 11 is 0. The maximum absolute atomic E-state index is 13.7. The molecule has 1 aromatic rings. The Bertz CT molecular complexity index is 504. The molecule has 6 heteroatoms. The lowest BCUT2D eigenvalue weighted by Crippen LogP contribution is -2.54. The Kier molecular flexibility index (Phi) is 3.18. The van der Waals surface area contributed by atoms with Crippen LogP contribution in [0.15, 0.2) is 18.2 Å². The highest BCUT2D eigenvalue weighted by molar-refractivity contribution is 6.06. The maximum Gasteiger partial charge on any atom is 0.328 e. The Morgan fingerprint density at radius 1 is 1.44 bits per heavy atom. The van der Waals surface area contributed by atoms with Gasteiger partial charge in [-0.1, -0.05) is 6.92 Å². The van der Waals surface area contributed by atoms with E-state index in [9.17, 15) is 14.0 Å². The maximum atomic E-state index is 13.7. The first-order valence-corrected chi connectivity index (χ1v) is 5.49. The third-order valence-electron chi connectivity index (χ3n) is 2.82. The number of amides is 3. The molecule has 1 aromatic carbocycles. The normalized spacial score (nSPS) is 19.7. The molecule has 0 bridgehead atoms. The number of anilines is 1. The zero-order valence-corrected chi connectivity index (χ0v) is 10.1. The van der Waals surface area contributed by atoms with Gasteiger partial charge in [0.2, 0.25) is 5.91 Å². The molecule has 1 unspecified atom stereocenters. The summed E-state index contributed by atoms with van der Waals surface area (Å²) in [6.45, 7) is 1.82. The van der Waals surface area contributed by atoms with Gasteiger partial charge in [-0.25, -0.2) is 9.18 Å². The van der Waals surface area contributed by atoms with E-state index in [-0.39, 0.29) is 24.1 Å². The average molecular weight is 252 g/mol. The fourth-order valence-electron chi connectivity index (χ4n) is 1.77. The van der Waals surface area contributed by atoms with Crippen LogP contribution in [-0.4, -0.2) is 25.6 Å². The van der Waals surface area contributed by atoms with Gasteiger partial charge in [0.05, 0.1) is 18.7 Å². The summed E-state index contributed by atoms with van der Waals surface area (Å²) in [4.78, 5) is 24.2. The molecule has 1 atom stereocenters. The van der Waals surface area contributed by atoms with E-state index in [0.717, 1.165) is 0 Å². The van der Waals surface area contributed by atoms with Gasteiger partial charge in [0.1, 0.15) is 11.6 Å².